The molecule has 9 atom stereocenters. The van der Waals surface area contributed by atoms with Crippen molar-refractivity contribution >= 4 is 5.69 Å². The van der Waals surface area contributed by atoms with Crippen LogP contribution in [0.25, 0.3) is 0 Å². The molecular weight excluding hydrogens is 376 g/mol. The van der Waals surface area contributed by atoms with E-state index in [1.54, 1.807) is 0 Å². The van der Waals surface area contributed by atoms with Gasteiger partial charge < -0.3 is 5.32 Å². The zero-order valence-electron chi connectivity index (χ0n) is 19.9. The third-order valence-corrected chi connectivity index (χ3v) is 10.5. The molecule has 0 heterocycles. The summed E-state index contributed by atoms with van der Waals surface area (Å²) in [7, 11) is 0. The number of rotatable bonds is 3. The lowest BCUT2D eigenvalue weighted by molar-refractivity contribution is -0.112. The van der Waals surface area contributed by atoms with E-state index >= 15 is 0 Å². The summed E-state index contributed by atoms with van der Waals surface area (Å²) in [5.74, 6) is 6.80. The van der Waals surface area contributed by atoms with E-state index in [0.29, 0.717) is 11.5 Å². The fourth-order valence-corrected chi connectivity index (χ4v) is 9.15. The summed E-state index contributed by atoms with van der Waals surface area (Å²) in [5.41, 5.74) is 2.41. The Kier molecular flexibility index (Phi) is 5.83. The second kappa shape index (κ2) is 8.46. The van der Waals surface area contributed by atoms with Crippen molar-refractivity contribution in [3.8, 4) is 6.07 Å². The Balaban J connectivity index is 1.32. The van der Waals surface area contributed by atoms with Crippen LogP contribution in [0.15, 0.2) is 24.3 Å². The van der Waals surface area contributed by atoms with E-state index < -0.39 is 0 Å². The van der Waals surface area contributed by atoms with E-state index in [4.69, 9.17) is 5.26 Å². The minimum Gasteiger partial charge on any atom is -0.382 e. The third kappa shape index (κ3) is 3.81. The van der Waals surface area contributed by atoms with Gasteiger partial charge in [-0.1, -0.05) is 26.7 Å². The molecular formula is C29H42N2. The smallest absolute Gasteiger partial charge is 0.0991 e. The first-order chi connectivity index (χ1) is 15.0. The Morgan fingerprint density at radius 3 is 2.52 bits per heavy atom. The first kappa shape index (κ1) is 21.4. The van der Waals surface area contributed by atoms with Crippen LogP contribution < -0.4 is 5.32 Å². The molecule has 1 aromatic carbocycles. The fraction of sp³-hybridized carbons (Fsp3) is 0.759. The van der Waals surface area contributed by atoms with Crippen LogP contribution in [0.2, 0.25) is 0 Å². The van der Waals surface area contributed by atoms with Gasteiger partial charge in [-0.15, -0.1) is 0 Å². The molecule has 2 heteroatoms. The van der Waals surface area contributed by atoms with Crippen molar-refractivity contribution in [3.05, 3.63) is 29.8 Å². The molecule has 0 aromatic heterocycles. The van der Waals surface area contributed by atoms with Gasteiger partial charge in [-0.2, -0.15) is 5.26 Å². The number of nitriles is 1. The predicted molar refractivity (Wildman–Crippen MR) is 129 cm³/mol. The number of nitrogens with zero attached hydrogens (tertiary/aromatic N) is 1. The Morgan fingerprint density at radius 2 is 1.74 bits per heavy atom. The molecule has 5 rings (SSSR count). The highest BCUT2D eigenvalue weighted by molar-refractivity contribution is 5.48. The van der Waals surface area contributed by atoms with Crippen molar-refractivity contribution < 1.29 is 0 Å². The minimum atomic E-state index is 0.490. The molecule has 2 nitrogen and oxygen atoms in total. The molecule has 0 saturated heterocycles. The van der Waals surface area contributed by atoms with Crippen molar-refractivity contribution in [1.82, 2.24) is 0 Å². The molecule has 4 aliphatic carbocycles. The van der Waals surface area contributed by atoms with Gasteiger partial charge in [0.05, 0.1) is 11.6 Å². The van der Waals surface area contributed by atoms with Gasteiger partial charge in [0.1, 0.15) is 0 Å². The minimum absolute atomic E-state index is 0.490. The molecule has 0 bridgehead atoms. The molecule has 3 unspecified atom stereocenters. The van der Waals surface area contributed by atoms with Crippen LogP contribution in [0.1, 0.15) is 90.5 Å². The van der Waals surface area contributed by atoms with Crippen molar-refractivity contribution in [2.45, 2.75) is 91.0 Å². The maximum atomic E-state index is 9.09. The van der Waals surface area contributed by atoms with Gasteiger partial charge in [0.15, 0.2) is 0 Å². The topological polar surface area (TPSA) is 35.8 Å². The van der Waals surface area contributed by atoms with Crippen molar-refractivity contribution in [2.75, 3.05) is 5.32 Å². The number of hydrogen-bond donors (Lipinski definition) is 1. The van der Waals surface area contributed by atoms with Gasteiger partial charge in [-0.3, -0.25) is 0 Å². The SMILES string of the molecule is C[C@H]1CC[C@H]2C(CC[C@@H]3C2CC[C@@]2(C)C3CCC[C@@H]2[C@H](C)Nc2ccc(C#N)cc2)C1. The zero-order chi connectivity index (χ0) is 21.6. The monoisotopic (exact) mass is 418 g/mol. The molecule has 1 N–H and O–H groups in total. The molecule has 1 aromatic rings. The lowest BCUT2D eigenvalue weighted by Gasteiger charge is -2.61. The van der Waals surface area contributed by atoms with Crippen LogP contribution in [-0.2, 0) is 0 Å². The van der Waals surface area contributed by atoms with Crippen LogP contribution >= 0.6 is 0 Å². The number of nitrogens with one attached hydrogen (secondary N) is 1. The first-order valence-corrected chi connectivity index (χ1v) is 13.3. The summed E-state index contributed by atoms with van der Waals surface area (Å²) in [6, 6.07) is 10.8. The quantitative estimate of drug-likeness (QED) is 0.547. The van der Waals surface area contributed by atoms with Gasteiger partial charge >= 0.3 is 0 Å². The molecule has 0 amide bonds. The second-order valence-corrected chi connectivity index (χ2v) is 12.1. The maximum absolute atomic E-state index is 9.09. The lowest BCUT2D eigenvalue weighted by atomic mass is 9.44. The summed E-state index contributed by atoms with van der Waals surface area (Å²) in [5, 5.41) is 12.9. The summed E-state index contributed by atoms with van der Waals surface area (Å²) < 4.78 is 0. The summed E-state index contributed by atoms with van der Waals surface area (Å²) >= 11 is 0. The summed E-state index contributed by atoms with van der Waals surface area (Å²) in [6.45, 7) is 7.58. The summed E-state index contributed by atoms with van der Waals surface area (Å²) in [4.78, 5) is 0. The molecule has 31 heavy (non-hydrogen) atoms. The number of fused-ring (bicyclic) bond motifs is 5. The van der Waals surface area contributed by atoms with Gasteiger partial charge in [-0.05, 0) is 129 Å². The lowest BCUT2D eigenvalue weighted by Crippen LogP contribution is -2.55. The largest absolute Gasteiger partial charge is 0.382 e. The highest BCUT2D eigenvalue weighted by atomic mass is 14.9. The number of hydrogen-bond acceptors (Lipinski definition) is 2. The maximum Gasteiger partial charge on any atom is 0.0991 e. The molecule has 4 saturated carbocycles. The number of benzene rings is 1. The Labute approximate surface area is 190 Å². The number of anilines is 1. The molecule has 168 valence electrons. The second-order valence-electron chi connectivity index (χ2n) is 12.1. The third-order valence-electron chi connectivity index (χ3n) is 10.5. The Bertz CT molecular complexity index is 807. The van der Waals surface area contributed by atoms with Crippen molar-refractivity contribution in [1.29, 1.82) is 5.26 Å². The van der Waals surface area contributed by atoms with E-state index in [-0.39, 0.29) is 0 Å². The Hall–Kier alpha value is -1.49. The van der Waals surface area contributed by atoms with Crippen molar-refractivity contribution in [2.24, 2.45) is 46.8 Å². The van der Waals surface area contributed by atoms with Crippen molar-refractivity contribution in [3.63, 3.8) is 0 Å². The van der Waals surface area contributed by atoms with E-state index in [9.17, 15) is 0 Å². The standard InChI is InChI=1S/C29H42N2/c1-19-7-13-24-22(17-19)10-14-26-25(24)15-16-29(3)27(5-4-6-28(26)29)20(2)31-23-11-8-21(18-30)9-12-23/h8-9,11-12,19-20,22,24-28,31H,4-7,10,13-17H2,1-3H3/t19-,20-,22?,24-,25?,26+,27+,28?,29+/m0/s1. The van der Waals surface area contributed by atoms with Crippen LogP contribution in [-0.4, -0.2) is 6.04 Å². The zero-order valence-corrected chi connectivity index (χ0v) is 19.9. The fourth-order valence-electron chi connectivity index (χ4n) is 9.15. The predicted octanol–water partition coefficient (Wildman–Crippen LogP) is 7.65. The highest BCUT2D eigenvalue weighted by Crippen LogP contribution is 2.63. The van der Waals surface area contributed by atoms with E-state index in [2.05, 4.69) is 44.3 Å². The van der Waals surface area contributed by atoms with Gasteiger partial charge in [0.25, 0.3) is 0 Å². The highest BCUT2D eigenvalue weighted by Gasteiger charge is 2.56. The molecule has 4 aliphatic rings. The molecule has 0 aliphatic heterocycles. The van der Waals surface area contributed by atoms with Gasteiger partial charge in [-0.25, -0.2) is 0 Å². The molecule has 0 radical (unpaired) electrons. The van der Waals surface area contributed by atoms with Gasteiger partial charge in [0.2, 0.25) is 0 Å². The van der Waals surface area contributed by atoms with Crippen LogP contribution in [0, 0.1) is 58.2 Å². The first-order valence-electron chi connectivity index (χ1n) is 13.3. The van der Waals surface area contributed by atoms with E-state index in [1.165, 1.54) is 69.9 Å². The van der Waals surface area contributed by atoms with E-state index in [1.807, 2.05) is 12.1 Å². The normalized spacial score (nSPS) is 43.0. The average molecular weight is 419 g/mol. The summed E-state index contributed by atoms with van der Waals surface area (Å²) in [6.07, 6.45) is 14.8. The molecule has 4 fully saturated rings. The van der Waals surface area contributed by atoms with E-state index in [0.717, 1.165) is 47.0 Å². The molecule has 0 spiro atoms. The van der Waals surface area contributed by atoms with Crippen LogP contribution in [0.3, 0.4) is 0 Å². The van der Waals surface area contributed by atoms with Gasteiger partial charge in [0, 0.05) is 11.7 Å². The Morgan fingerprint density at radius 1 is 0.968 bits per heavy atom. The van der Waals surface area contributed by atoms with Crippen LogP contribution in [0.4, 0.5) is 5.69 Å². The van der Waals surface area contributed by atoms with Crippen LogP contribution in [0.5, 0.6) is 0 Å². The average Bonchev–Trinajstić information content (AvgIpc) is 2.78.